The molecule has 0 aliphatic heterocycles. The number of nitrogen functional groups attached to an aromatic ring is 1. The highest BCUT2D eigenvalue weighted by atomic mass is 32.1. The van der Waals surface area contributed by atoms with Gasteiger partial charge in [-0.05, 0) is 18.6 Å². The van der Waals surface area contributed by atoms with Crippen LogP contribution in [-0.2, 0) is 0 Å². The van der Waals surface area contributed by atoms with Crippen LogP contribution in [0.4, 0.5) is 5.82 Å². The minimum absolute atomic E-state index is 0.569. The summed E-state index contributed by atoms with van der Waals surface area (Å²) in [4.78, 5) is 4.24. The van der Waals surface area contributed by atoms with Gasteiger partial charge in [-0.1, -0.05) is 19.1 Å². The van der Waals surface area contributed by atoms with Crippen molar-refractivity contribution in [2.75, 3.05) is 12.3 Å². The van der Waals surface area contributed by atoms with Gasteiger partial charge in [0.15, 0.2) is 0 Å². The van der Waals surface area contributed by atoms with Crippen LogP contribution in [0.5, 0.6) is 5.75 Å². The maximum atomic E-state index is 5.60. The monoisotopic (exact) mass is 234 g/mol. The summed E-state index contributed by atoms with van der Waals surface area (Å²) in [6, 6.07) is 7.93. The molecule has 0 saturated heterocycles. The van der Waals surface area contributed by atoms with Crippen molar-refractivity contribution in [2.24, 2.45) is 0 Å². The number of ether oxygens (including phenoxy) is 1. The van der Waals surface area contributed by atoms with Gasteiger partial charge in [-0.15, -0.1) is 11.3 Å². The van der Waals surface area contributed by atoms with Crippen molar-refractivity contribution >= 4 is 17.2 Å². The minimum atomic E-state index is 0.569. The van der Waals surface area contributed by atoms with E-state index in [4.69, 9.17) is 10.5 Å². The Bertz CT molecular complexity index is 468. The highest BCUT2D eigenvalue weighted by Crippen LogP contribution is 2.27. The highest BCUT2D eigenvalue weighted by Gasteiger charge is 2.03. The molecular formula is C12H14N2OS. The minimum Gasteiger partial charge on any atom is -0.494 e. The van der Waals surface area contributed by atoms with E-state index in [9.17, 15) is 0 Å². The molecule has 2 aromatic rings. The lowest BCUT2D eigenvalue weighted by Gasteiger charge is -2.05. The van der Waals surface area contributed by atoms with Gasteiger partial charge in [-0.2, -0.15) is 0 Å². The van der Waals surface area contributed by atoms with E-state index < -0.39 is 0 Å². The Labute approximate surface area is 98.9 Å². The summed E-state index contributed by atoms with van der Waals surface area (Å²) < 4.78 is 5.57. The molecule has 0 bridgehead atoms. The van der Waals surface area contributed by atoms with Gasteiger partial charge < -0.3 is 10.5 Å². The molecule has 1 heterocycles. The number of hydrogen-bond acceptors (Lipinski definition) is 4. The van der Waals surface area contributed by atoms with Crippen molar-refractivity contribution in [3.63, 3.8) is 0 Å². The fourth-order valence-electron chi connectivity index (χ4n) is 1.36. The maximum absolute atomic E-state index is 5.60. The van der Waals surface area contributed by atoms with Crippen LogP contribution in [0.1, 0.15) is 13.3 Å². The standard InChI is InChI=1S/C12H14N2OS/c1-2-6-15-10-5-3-4-9(7-10)12-14-11(13)8-16-12/h3-5,7-8H,2,6,13H2,1H3. The van der Waals surface area contributed by atoms with Gasteiger partial charge in [0, 0.05) is 10.9 Å². The molecule has 2 N–H and O–H groups in total. The molecule has 84 valence electrons. The molecule has 0 aliphatic carbocycles. The van der Waals surface area contributed by atoms with Gasteiger partial charge in [0.2, 0.25) is 0 Å². The Morgan fingerprint density at radius 3 is 3.00 bits per heavy atom. The van der Waals surface area contributed by atoms with Crippen molar-refractivity contribution in [3.8, 4) is 16.3 Å². The molecular weight excluding hydrogens is 220 g/mol. The second kappa shape index (κ2) is 4.99. The lowest BCUT2D eigenvalue weighted by atomic mass is 10.2. The lowest BCUT2D eigenvalue weighted by molar-refractivity contribution is 0.317. The van der Waals surface area contributed by atoms with E-state index >= 15 is 0 Å². The molecule has 4 heteroatoms. The smallest absolute Gasteiger partial charge is 0.135 e. The fraction of sp³-hybridized carbons (Fsp3) is 0.250. The van der Waals surface area contributed by atoms with Crippen molar-refractivity contribution < 1.29 is 4.74 Å². The van der Waals surface area contributed by atoms with E-state index in [2.05, 4.69) is 11.9 Å². The number of nitrogens with zero attached hydrogens (tertiary/aromatic N) is 1. The molecule has 0 spiro atoms. The van der Waals surface area contributed by atoms with Crippen LogP contribution >= 0.6 is 11.3 Å². The molecule has 1 aromatic carbocycles. The van der Waals surface area contributed by atoms with Crippen LogP contribution in [0.15, 0.2) is 29.6 Å². The van der Waals surface area contributed by atoms with Crippen LogP contribution in [0.3, 0.4) is 0 Å². The Balaban J connectivity index is 2.22. The Morgan fingerprint density at radius 1 is 1.44 bits per heavy atom. The average molecular weight is 234 g/mol. The Hall–Kier alpha value is -1.55. The molecule has 0 fully saturated rings. The van der Waals surface area contributed by atoms with Crippen LogP contribution in [-0.4, -0.2) is 11.6 Å². The van der Waals surface area contributed by atoms with Crippen LogP contribution < -0.4 is 10.5 Å². The van der Waals surface area contributed by atoms with Gasteiger partial charge in [-0.3, -0.25) is 0 Å². The zero-order valence-electron chi connectivity index (χ0n) is 9.14. The summed E-state index contributed by atoms with van der Waals surface area (Å²) >= 11 is 1.54. The van der Waals surface area contributed by atoms with E-state index in [0.717, 1.165) is 29.3 Å². The molecule has 0 unspecified atom stereocenters. The molecule has 3 nitrogen and oxygen atoms in total. The molecule has 16 heavy (non-hydrogen) atoms. The van der Waals surface area contributed by atoms with Gasteiger partial charge in [0.05, 0.1) is 6.61 Å². The van der Waals surface area contributed by atoms with E-state index in [1.54, 1.807) is 11.3 Å². The molecule has 0 radical (unpaired) electrons. The van der Waals surface area contributed by atoms with Gasteiger partial charge in [0.25, 0.3) is 0 Å². The number of rotatable bonds is 4. The third kappa shape index (κ3) is 2.52. The van der Waals surface area contributed by atoms with Gasteiger partial charge >= 0.3 is 0 Å². The summed E-state index contributed by atoms with van der Waals surface area (Å²) in [6.45, 7) is 2.83. The molecule has 1 aromatic heterocycles. The highest BCUT2D eigenvalue weighted by molar-refractivity contribution is 7.13. The summed E-state index contributed by atoms with van der Waals surface area (Å²) in [5.74, 6) is 1.45. The molecule has 0 saturated carbocycles. The molecule has 0 amide bonds. The molecule has 0 atom stereocenters. The van der Waals surface area contributed by atoms with Crippen molar-refractivity contribution in [2.45, 2.75) is 13.3 Å². The first-order chi connectivity index (χ1) is 7.79. The number of anilines is 1. The topological polar surface area (TPSA) is 48.1 Å². The normalized spacial score (nSPS) is 10.3. The summed E-state index contributed by atoms with van der Waals surface area (Å²) in [5.41, 5.74) is 6.65. The summed E-state index contributed by atoms with van der Waals surface area (Å²) in [7, 11) is 0. The Kier molecular flexibility index (Phi) is 3.41. The van der Waals surface area contributed by atoms with E-state index in [0.29, 0.717) is 5.82 Å². The molecule has 2 rings (SSSR count). The maximum Gasteiger partial charge on any atom is 0.135 e. The van der Waals surface area contributed by atoms with Gasteiger partial charge in [0.1, 0.15) is 16.6 Å². The van der Waals surface area contributed by atoms with E-state index in [1.165, 1.54) is 0 Å². The third-order valence-corrected chi connectivity index (χ3v) is 2.99. The summed E-state index contributed by atoms with van der Waals surface area (Å²) in [6.07, 6.45) is 1.01. The van der Waals surface area contributed by atoms with Crippen molar-refractivity contribution in [3.05, 3.63) is 29.6 Å². The number of thiazole rings is 1. The fourth-order valence-corrected chi connectivity index (χ4v) is 2.06. The van der Waals surface area contributed by atoms with Gasteiger partial charge in [-0.25, -0.2) is 4.98 Å². The second-order valence-corrected chi connectivity index (χ2v) is 4.31. The first kappa shape index (κ1) is 11.0. The zero-order chi connectivity index (χ0) is 11.4. The number of benzene rings is 1. The third-order valence-electron chi connectivity index (χ3n) is 2.08. The number of nitrogens with two attached hydrogens (primary N) is 1. The van der Waals surface area contributed by atoms with Crippen LogP contribution in [0.2, 0.25) is 0 Å². The molecule has 0 aliphatic rings. The predicted molar refractivity (Wildman–Crippen MR) is 67.7 cm³/mol. The van der Waals surface area contributed by atoms with E-state index in [1.807, 2.05) is 29.6 Å². The first-order valence-electron chi connectivity index (χ1n) is 5.24. The number of hydrogen-bond donors (Lipinski definition) is 1. The quantitative estimate of drug-likeness (QED) is 0.883. The first-order valence-corrected chi connectivity index (χ1v) is 6.12. The van der Waals surface area contributed by atoms with Crippen LogP contribution in [0, 0.1) is 0 Å². The second-order valence-electron chi connectivity index (χ2n) is 3.45. The number of aromatic nitrogens is 1. The largest absolute Gasteiger partial charge is 0.494 e. The SMILES string of the molecule is CCCOc1cccc(-c2nc(N)cs2)c1. The predicted octanol–water partition coefficient (Wildman–Crippen LogP) is 3.18. The Morgan fingerprint density at radius 2 is 2.31 bits per heavy atom. The zero-order valence-corrected chi connectivity index (χ0v) is 9.96. The lowest BCUT2D eigenvalue weighted by Crippen LogP contribution is -1.94. The van der Waals surface area contributed by atoms with Crippen molar-refractivity contribution in [1.29, 1.82) is 0 Å². The average Bonchev–Trinajstić information content (AvgIpc) is 2.74. The summed E-state index contributed by atoms with van der Waals surface area (Å²) in [5, 5.41) is 2.77. The van der Waals surface area contributed by atoms with Crippen LogP contribution in [0.25, 0.3) is 10.6 Å². The van der Waals surface area contributed by atoms with Crippen molar-refractivity contribution in [1.82, 2.24) is 4.98 Å². The van der Waals surface area contributed by atoms with E-state index in [-0.39, 0.29) is 0 Å².